The van der Waals surface area contributed by atoms with Crippen molar-refractivity contribution >= 4 is 17.4 Å². The molecule has 0 unspecified atom stereocenters. The molecule has 3 nitrogen and oxygen atoms in total. The van der Waals surface area contributed by atoms with E-state index in [2.05, 4.69) is 5.32 Å². The van der Waals surface area contributed by atoms with Crippen LogP contribution in [0.25, 0.3) is 0 Å². The fraction of sp³-hybridized carbons (Fsp3) is 0.273. The Kier molecular flexibility index (Phi) is 3.88. The molecular formula is C11H10F3NO2. The molecule has 0 saturated heterocycles. The second kappa shape index (κ2) is 4.99. The van der Waals surface area contributed by atoms with E-state index in [9.17, 15) is 22.8 Å². The van der Waals surface area contributed by atoms with E-state index in [1.165, 1.54) is 31.2 Å². The third-order valence-electron chi connectivity index (χ3n) is 1.91. The van der Waals surface area contributed by atoms with Crippen molar-refractivity contribution in [3.05, 3.63) is 29.8 Å². The summed E-state index contributed by atoms with van der Waals surface area (Å²) in [5.74, 6) is -1.38. The summed E-state index contributed by atoms with van der Waals surface area (Å²) in [4.78, 5) is 22.0. The predicted molar refractivity (Wildman–Crippen MR) is 55.7 cm³/mol. The van der Waals surface area contributed by atoms with Gasteiger partial charge in [-0.1, -0.05) is 12.1 Å². The Hall–Kier alpha value is -1.85. The quantitative estimate of drug-likeness (QED) is 0.832. The van der Waals surface area contributed by atoms with Gasteiger partial charge in [-0.2, -0.15) is 13.2 Å². The number of ketones is 1. The van der Waals surface area contributed by atoms with Crippen molar-refractivity contribution in [1.29, 1.82) is 0 Å². The van der Waals surface area contributed by atoms with Gasteiger partial charge in [-0.05, 0) is 19.1 Å². The normalized spacial score (nSPS) is 11.1. The number of amides is 1. The van der Waals surface area contributed by atoms with Crippen molar-refractivity contribution in [1.82, 2.24) is 0 Å². The molecule has 0 aliphatic heterocycles. The Labute approximate surface area is 95.6 Å². The maximum Gasteiger partial charge on any atom is 0.397 e. The molecule has 0 aliphatic carbocycles. The van der Waals surface area contributed by atoms with E-state index in [0.717, 1.165) is 0 Å². The van der Waals surface area contributed by atoms with Gasteiger partial charge in [0.15, 0.2) is 5.78 Å². The van der Waals surface area contributed by atoms with Crippen LogP contribution in [0.1, 0.15) is 23.7 Å². The lowest BCUT2D eigenvalue weighted by Crippen LogP contribution is -2.21. The highest BCUT2D eigenvalue weighted by Gasteiger charge is 2.31. The molecule has 1 aromatic carbocycles. The molecule has 0 saturated carbocycles. The second-order valence-electron chi connectivity index (χ2n) is 3.48. The molecule has 0 fully saturated rings. The van der Waals surface area contributed by atoms with Gasteiger partial charge in [0.2, 0.25) is 5.91 Å². The lowest BCUT2D eigenvalue weighted by atomic mass is 10.1. The van der Waals surface area contributed by atoms with Crippen molar-refractivity contribution in [2.24, 2.45) is 0 Å². The number of anilines is 1. The molecule has 0 atom stereocenters. The van der Waals surface area contributed by atoms with Gasteiger partial charge >= 0.3 is 6.18 Å². The average Bonchev–Trinajstić information content (AvgIpc) is 2.14. The SMILES string of the molecule is CC(=O)c1cccc(NC(=O)CC(F)(F)F)c1. The predicted octanol–water partition coefficient (Wildman–Crippen LogP) is 2.78. The summed E-state index contributed by atoms with van der Waals surface area (Å²) >= 11 is 0. The largest absolute Gasteiger partial charge is 0.397 e. The van der Waals surface area contributed by atoms with Gasteiger partial charge in [0.1, 0.15) is 6.42 Å². The number of nitrogens with one attached hydrogen (secondary N) is 1. The smallest absolute Gasteiger partial charge is 0.326 e. The Morgan fingerprint density at radius 3 is 2.47 bits per heavy atom. The summed E-state index contributed by atoms with van der Waals surface area (Å²) in [7, 11) is 0. The Morgan fingerprint density at radius 1 is 1.29 bits per heavy atom. The molecule has 1 rings (SSSR count). The third kappa shape index (κ3) is 4.67. The van der Waals surface area contributed by atoms with E-state index < -0.39 is 18.5 Å². The van der Waals surface area contributed by atoms with Gasteiger partial charge < -0.3 is 5.32 Å². The highest BCUT2D eigenvalue weighted by atomic mass is 19.4. The van der Waals surface area contributed by atoms with Crippen LogP contribution in [0.15, 0.2) is 24.3 Å². The highest BCUT2D eigenvalue weighted by Crippen LogP contribution is 2.20. The van der Waals surface area contributed by atoms with E-state index >= 15 is 0 Å². The zero-order chi connectivity index (χ0) is 13.1. The molecule has 1 N–H and O–H groups in total. The number of hydrogen-bond acceptors (Lipinski definition) is 2. The maximum absolute atomic E-state index is 11.9. The first-order valence-corrected chi connectivity index (χ1v) is 4.75. The minimum Gasteiger partial charge on any atom is -0.326 e. The van der Waals surface area contributed by atoms with Gasteiger partial charge in [0.25, 0.3) is 0 Å². The van der Waals surface area contributed by atoms with Crippen LogP contribution in [0.4, 0.5) is 18.9 Å². The van der Waals surface area contributed by atoms with E-state index in [1.54, 1.807) is 0 Å². The number of benzene rings is 1. The maximum atomic E-state index is 11.9. The van der Waals surface area contributed by atoms with Gasteiger partial charge in [0, 0.05) is 11.3 Å². The highest BCUT2D eigenvalue weighted by molar-refractivity contribution is 5.97. The lowest BCUT2D eigenvalue weighted by molar-refractivity contribution is -0.150. The number of carbonyl (C=O) groups is 2. The molecule has 0 aromatic heterocycles. The summed E-state index contributed by atoms with van der Waals surface area (Å²) in [6.07, 6.45) is -6.08. The molecule has 0 aliphatic rings. The Balaban J connectivity index is 2.72. The van der Waals surface area contributed by atoms with Gasteiger partial charge in [-0.25, -0.2) is 0 Å². The fourth-order valence-electron chi connectivity index (χ4n) is 1.20. The van der Waals surface area contributed by atoms with Crippen LogP contribution in [0.3, 0.4) is 0 Å². The van der Waals surface area contributed by atoms with E-state index in [1.807, 2.05) is 0 Å². The van der Waals surface area contributed by atoms with Crippen molar-refractivity contribution < 1.29 is 22.8 Å². The van der Waals surface area contributed by atoms with Crippen LogP contribution in [-0.2, 0) is 4.79 Å². The van der Waals surface area contributed by atoms with Gasteiger partial charge in [0.05, 0.1) is 0 Å². The fourth-order valence-corrected chi connectivity index (χ4v) is 1.20. The van der Waals surface area contributed by atoms with Crippen LogP contribution in [-0.4, -0.2) is 17.9 Å². The number of hydrogen-bond donors (Lipinski definition) is 1. The number of alkyl halides is 3. The number of carbonyl (C=O) groups excluding carboxylic acids is 2. The topological polar surface area (TPSA) is 46.2 Å². The third-order valence-corrected chi connectivity index (χ3v) is 1.91. The molecule has 1 amide bonds. The summed E-state index contributed by atoms with van der Waals surface area (Å²) in [5, 5.41) is 2.08. The summed E-state index contributed by atoms with van der Waals surface area (Å²) in [6.45, 7) is 1.33. The molecular weight excluding hydrogens is 235 g/mol. The van der Waals surface area contributed by atoms with E-state index in [-0.39, 0.29) is 11.5 Å². The van der Waals surface area contributed by atoms with Gasteiger partial charge in [-0.3, -0.25) is 9.59 Å². The molecule has 6 heteroatoms. The molecule has 0 heterocycles. The number of halogens is 3. The average molecular weight is 245 g/mol. The van der Waals surface area contributed by atoms with E-state index in [4.69, 9.17) is 0 Å². The van der Waals surface area contributed by atoms with Crippen LogP contribution < -0.4 is 5.32 Å². The van der Waals surface area contributed by atoms with Crippen molar-refractivity contribution in [2.45, 2.75) is 19.5 Å². The first kappa shape index (κ1) is 13.2. The Bertz CT molecular complexity index is 441. The first-order chi connectivity index (χ1) is 7.78. The number of rotatable bonds is 3. The van der Waals surface area contributed by atoms with Crippen molar-refractivity contribution in [3.63, 3.8) is 0 Å². The van der Waals surface area contributed by atoms with Crippen LogP contribution in [0, 0.1) is 0 Å². The minimum absolute atomic E-state index is 0.173. The number of Topliss-reactive ketones (excluding diaryl/α,β-unsaturated/α-hetero) is 1. The molecule has 0 radical (unpaired) electrons. The van der Waals surface area contributed by atoms with Crippen molar-refractivity contribution in [3.8, 4) is 0 Å². The van der Waals surface area contributed by atoms with Crippen LogP contribution in [0.2, 0.25) is 0 Å². The molecule has 92 valence electrons. The molecule has 1 aromatic rings. The standard InChI is InChI=1S/C11H10F3NO2/c1-7(16)8-3-2-4-9(5-8)15-10(17)6-11(12,13)14/h2-5H,6H2,1H3,(H,15,17). The molecule has 0 bridgehead atoms. The van der Waals surface area contributed by atoms with Crippen LogP contribution >= 0.6 is 0 Å². The monoisotopic (exact) mass is 245 g/mol. The van der Waals surface area contributed by atoms with E-state index in [0.29, 0.717) is 5.56 Å². The second-order valence-corrected chi connectivity index (χ2v) is 3.48. The summed E-state index contributed by atoms with van der Waals surface area (Å²) < 4.78 is 35.7. The minimum atomic E-state index is -4.54. The zero-order valence-electron chi connectivity index (χ0n) is 8.97. The first-order valence-electron chi connectivity index (χ1n) is 4.75. The lowest BCUT2D eigenvalue weighted by Gasteiger charge is -2.08. The van der Waals surface area contributed by atoms with Crippen molar-refractivity contribution in [2.75, 3.05) is 5.32 Å². The Morgan fingerprint density at radius 2 is 1.94 bits per heavy atom. The molecule has 17 heavy (non-hydrogen) atoms. The summed E-state index contributed by atoms with van der Waals surface area (Å²) in [5.41, 5.74) is 0.502. The summed E-state index contributed by atoms with van der Waals surface area (Å²) in [6, 6.07) is 5.75. The zero-order valence-corrected chi connectivity index (χ0v) is 8.97. The molecule has 0 spiro atoms. The van der Waals surface area contributed by atoms with Gasteiger partial charge in [-0.15, -0.1) is 0 Å². The van der Waals surface area contributed by atoms with Crippen LogP contribution in [0.5, 0.6) is 0 Å².